The SMILES string of the molecule is CN1C[N+](C)(C)Cc2c1cc1c3c(cccc23)C(=O)c2cc(C(=O)ON3C(=O)CCC3=O)ccc2-1.F[P-](F)(F)(F)(F)F. The Morgan fingerprint density at radius 1 is 0.857 bits per heavy atom. The molecular formula is C27H24F6N3O5P. The monoisotopic (exact) mass is 615 g/mol. The first kappa shape index (κ1) is 29.5. The molecule has 42 heavy (non-hydrogen) atoms. The third-order valence-corrected chi connectivity index (χ3v) is 7.06. The van der Waals surface area contributed by atoms with Gasteiger partial charge in [0.05, 0.1) is 25.3 Å². The zero-order chi connectivity index (χ0) is 31.1. The zero-order valence-electron chi connectivity index (χ0n) is 22.5. The van der Waals surface area contributed by atoms with Gasteiger partial charge in [0.1, 0.15) is 6.54 Å². The van der Waals surface area contributed by atoms with Crippen LogP contribution < -0.4 is 4.90 Å². The van der Waals surface area contributed by atoms with Crippen molar-refractivity contribution in [1.29, 1.82) is 0 Å². The number of rotatable bonds is 2. The fourth-order valence-corrected chi connectivity index (χ4v) is 5.60. The van der Waals surface area contributed by atoms with Gasteiger partial charge in [0.25, 0.3) is 11.8 Å². The number of nitrogens with zero attached hydrogens (tertiary/aromatic N) is 3. The van der Waals surface area contributed by atoms with Crippen LogP contribution in [0.15, 0.2) is 42.5 Å². The Morgan fingerprint density at radius 3 is 2.10 bits per heavy atom. The van der Waals surface area contributed by atoms with Crippen molar-refractivity contribution in [1.82, 2.24) is 5.06 Å². The number of ketones is 1. The Hall–Kier alpha value is -4.03. The quantitative estimate of drug-likeness (QED) is 0.109. The topological polar surface area (TPSA) is 84.0 Å². The summed E-state index contributed by atoms with van der Waals surface area (Å²) in [6, 6.07) is 12.8. The first-order chi connectivity index (χ1) is 19.1. The predicted octanol–water partition coefficient (Wildman–Crippen LogP) is 6.64. The first-order valence-corrected chi connectivity index (χ1v) is 14.6. The van der Waals surface area contributed by atoms with E-state index < -0.39 is 25.6 Å². The molecule has 0 unspecified atom stereocenters. The van der Waals surface area contributed by atoms with Crippen molar-refractivity contribution in [3.63, 3.8) is 0 Å². The number of quaternary nitrogens is 1. The number of hydrogen-bond acceptors (Lipinski definition) is 6. The van der Waals surface area contributed by atoms with Crippen LogP contribution in [-0.4, -0.2) is 60.9 Å². The number of halogens is 6. The van der Waals surface area contributed by atoms with Crippen LogP contribution >= 0.6 is 7.81 Å². The average molecular weight is 615 g/mol. The molecule has 0 radical (unpaired) electrons. The van der Waals surface area contributed by atoms with Crippen molar-refractivity contribution in [3.8, 4) is 11.1 Å². The summed E-state index contributed by atoms with van der Waals surface area (Å²) in [6.45, 7) is 1.72. The molecule has 15 heteroatoms. The Bertz CT molecular complexity index is 1710. The maximum absolute atomic E-state index is 13.6. The van der Waals surface area contributed by atoms with E-state index in [1.165, 1.54) is 11.6 Å². The molecule has 2 amide bonds. The van der Waals surface area contributed by atoms with Crippen molar-refractivity contribution in [2.75, 3.05) is 32.7 Å². The van der Waals surface area contributed by atoms with Crippen LogP contribution in [0.4, 0.5) is 30.9 Å². The molecule has 0 atom stereocenters. The third-order valence-electron chi connectivity index (χ3n) is 7.06. The summed E-state index contributed by atoms with van der Waals surface area (Å²) in [5, 5.41) is 2.52. The van der Waals surface area contributed by atoms with E-state index in [0.717, 1.165) is 45.3 Å². The predicted molar refractivity (Wildman–Crippen MR) is 142 cm³/mol. The summed E-state index contributed by atoms with van der Waals surface area (Å²) in [4.78, 5) is 57.3. The van der Waals surface area contributed by atoms with Gasteiger partial charge in [-0.25, -0.2) is 4.79 Å². The summed E-state index contributed by atoms with van der Waals surface area (Å²) in [5.41, 5.74) is 5.16. The van der Waals surface area contributed by atoms with E-state index >= 15 is 0 Å². The fraction of sp³-hybridized carbons (Fsp3) is 0.259. The van der Waals surface area contributed by atoms with Gasteiger partial charge >= 0.3 is 39.0 Å². The molecule has 3 aromatic rings. The molecule has 8 nitrogen and oxygen atoms in total. The Labute approximate surface area is 234 Å². The number of amides is 2. The molecule has 1 fully saturated rings. The molecule has 2 heterocycles. The van der Waals surface area contributed by atoms with Gasteiger partial charge < -0.3 is 14.2 Å². The second kappa shape index (κ2) is 8.74. The van der Waals surface area contributed by atoms with Crippen molar-refractivity contribution >= 4 is 47.8 Å². The van der Waals surface area contributed by atoms with Gasteiger partial charge in [-0.2, -0.15) is 0 Å². The first-order valence-electron chi connectivity index (χ1n) is 12.5. The van der Waals surface area contributed by atoms with Crippen LogP contribution in [0.3, 0.4) is 0 Å². The van der Waals surface area contributed by atoms with Crippen LogP contribution in [0.1, 0.15) is 44.7 Å². The van der Waals surface area contributed by atoms with Crippen molar-refractivity contribution < 1.29 is 53.7 Å². The van der Waals surface area contributed by atoms with Crippen LogP contribution in [-0.2, 0) is 21.0 Å². The maximum atomic E-state index is 13.6. The summed E-state index contributed by atoms with van der Waals surface area (Å²) in [6.07, 6.45) is 0.0365. The zero-order valence-corrected chi connectivity index (χ0v) is 23.4. The van der Waals surface area contributed by atoms with Gasteiger partial charge in [-0.05, 0) is 34.7 Å². The van der Waals surface area contributed by atoms with Crippen molar-refractivity contribution in [3.05, 3.63) is 64.7 Å². The Morgan fingerprint density at radius 2 is 1.48 bits per heavy atom. The third kappa shape index (κ3) is 5.95. The van der Waals surface area contributed by atoms with Gasteiger partial charge in [0.15, 0.2) is 12.5 Å². The van der Waals surface area contributed by atoms with Crippen LogP contribution in [0.5, 0.6) is 0 Å². The molecule has 3 aliphatic rings. The number of carbonyl (C=O) groups excluding carboxylic acids is 4. The molecule has 0 saturated carbocycles. The molecule has 0 spiro atoms. The van der Waals surface area contributed by atoms with Crippen LogP contribution in [0.2, 0.25) is 0 Å². The van der Waals surface area contributed by atoms with E-state index in [1.54, 1.807) is 12.1 Å². The minimum atomic E-state index is -10.7. The minimum absolute atomic E-state index is 0.0183. The van der Waals surface area contributed by atoms with Gasteiger partial charge in [-0.15, -0.1) is 5.06 Å². The molecule has 0 bridgehead atoms. The van der Waals surface area contributed by atoms with Gasteiger partial charge in [-0.1, -0.05) is 24.3 Å². The number of fused-ring (bicyclic) bond motifs is 4. The normalized spacial score (nSPS) is 18.9. The number of imide groups is 1. The Kier molecular flexibility index (Phi) is 6.13. The van der Waals surface area contributed by atoms with E-state index in [2.05, 4.69) is 38.2 Å². The standard InChI is InChI=1S/C27H24N3O5.F6P/c1-28-14-30(2,3)13-21-17-5-4-6-18-25(17)19(12-22(21)28)16-8-7-15(11-20(16)26(18)33)27(34)35-29-23(31)9-10-24(29)32;1-7(2,3,4,5)6/h4-8,11-12H,9-10,13-14H2,1-3H3;/q+1;-1. The van der Waals surface area contributed by atoms with Gasteiger partial charge in [0.2, 0.25) is 0 Å². The number of hydroxylamine groups is 2. The number of benzene rings is 3. The van der Waals surface area contributed by atoms with E-state index in [4.69, 9.17) is 4.84 Å². The number of hydrogen-bond donors (Lipinski definition) is 0. The second-order valence-corrected chi connectivity index (χ2v) is 13.0. The van der Waals surface area contributed by atoms with Crippen LogP contribution in [0.25, 0.3) is 21.9 Å². The second-order valence-electron chi connectivity index (χ2n) is 11.1. The van der Waals surface area contributed by atoms with E-state index in [9.17, 15) is 44.4 Å². The van der Waals surface area contributed by atoms with E-state index in [0.29, 0.717) is 16.2 Å². The molecule has 0 N–H and O–H groups in total. The molecule has 2 aliphatic heterocycles. The van der Waals surface area contributed by atoms with Crippen LogP contribution in [0, 0.1) is 0 Å². The molecule has 6 rings (SSSR count). The fourth-order valence-electron chi connectivity index (χ4n) is 5.60. The molecule has 224 valence electrons. The molecule has 1 saturated heterocycles. The van der Waals surface area contributed by atoms with Crippen molar-refractivity contribution in [2.24, 2.45) is 0 Å². The van der Waals surface area contributed by atoms with E-state index in [-0.39, 0.29) is 24.2 Å². The number of carbonyl (C=O) groups is 4. The Balaban J connectivity index is 0.000000451. The molecule has 1 aliphatic carbocycles. The van der Waals surface area contributed by atoms with E-state index in [1.807, 2.05) is 12.1 Å². The summed E-state index contributed by atoms with van der Waals surface area (Å²) in [7, 11) is -4.19. The number of anilines is 1. The molecular weight excluding hydrogens is 591 g/mol. The van der Waals surface area contributed by atoms with Crippen molar-refractivity contribution in [2.45, 2.75) is 19.4 Å². The summed E-state index contributed by atoms with van der Waals surface area (Å²) >= 11 is 0. The molecule has 0 aromatic heterocycles. The molecule has 3 aromatic carbocycles. The summed E-state index contributed by atoms with van der Waals surface area (Å²) < 4.78 is 60.0. The average Bonchev–Trinajstić information content (AvgIpc) is 3.16. The van der Waals surface area contributed by atoms with Gasteiger partial charge in [0, 0.05) is 42.0 Å². The summed E-state index contributed by atoms with van der Waals surface area (Å²) in [5.74, 6) is -2.11. The van der Waals surface area contributed by atoms with Gasteiger partial charge in [-0.3, -0.25) is 14.4 Å².